The van der Waals surface area contributed by atoms with Crippen LogP contribution in [-0.2, 0) is 17.8 Å². The zero-order valence-corrected chi connectivity index (χ0v) is 20.8. The maximum absolute atomic E-state index is 13.3. The Kier molecular flexibility index (Phi) is 7.67. The fraction of sp³-hybridized carbons (Fsp3) is 0.385. The molecule has 4 rings (SSSR count). The monoisotopic (exact) mass is 477 g/mol. The first-order valence-corrected chi connectivity index (χ1v) is 12.8. The SMILES string of the molecule is CCc1ccccc1NC(=O)CSc1nnc(C2CCCN2C(=O)c2ccccc2C)n1CC. The minimum absolute atomic E-state index is 0.0365. The van der Waals surface area contributed by atoms with E-state index in [2.05, 4.69) is 22.4 Å². The van der Waals surface area contributed by atoms with Gasteiger partial charge in [-0.1, -0.05) is 55.1 Å². The normalized spacial score (nSPS) is 15.5. The summed E-state index contributed by atoms with van der Waals surface area (Å²) in [6.45, 7) is 7.45. The van der Waals surface area contributed by atoms with Gasteiger partial charge in [0.25, 0.3) is 5.91 Å². The second-order valence-electron chi connectivity index (χ2n) is 8.40. The molecule has 0 spiro atoms. The molecule has 1 atom stereocenters. The molecule has 2 amide bonds. The standard InChI is InChI=1S/C26H31N5O2S/c1-4-19-12-7-9-14-21(19)27-23(32)17-34-26-29-28-24(30(26)5-2)22-15-10-16-31(22)25(33)20-13-8-6-11-18(20)3/h6-9,11-14,22H,4-5,10,15-17H2,1-3H3,(H,27,32). The third-order valence-electron chi connectivity index (χ3n) is 6.25. The Bertz CT molecular complexity index is 1180. The zero-order valence-electron chi connectivity index (χ0n) is 20.0. The molecule has 0 bridgehead atoms. The van der Waals surface area contributed by atoms with Gasteiger partial charge in [-0.05, 0) is 56.4 Å². The first-order valence-electron chi connectivity index (χ1n) is 11.8. The van der Waals surface area contributed by atoms with Crippen LogP contribution in [0.15, 0.2) is 53.7 Å². The average Bonchev–Trinajstić information content (AvgIpc) is 3.49. The molecule has 1 fully saturated rings. The van der Waals surface area contributed by atoms with Crippen LogP contribution < -0.4 is 5.32 Å². The van der Waals surface area contributed by atoms with Crippen LogP contribution >= 0.6 is 11.8 Å². The molecule has 1 unspecified atom stereocenters. The Morgan fingerprint density at radius 2 is 1.85 bits per heavy atom. The lowest BCUT2D eigenvalue weighted by atomic mass is 10.1. The Morgan fingerprint density at radius 3 is 2.62 bits per heavy atom. The third kappa shape index (κ3) is 5.01. The molecule has 0 radical (unpaired) electrons. The lowest BCUT2D eigenvalue weighted by Crippen LogP contribution is -2.32. The lowest BCUT2D eigenvalue weighted by molar-refractivity contribution is -0.113. The Hall–Kier alpha value is -3.13. The number of aryl methyl sites for hydroxylation is 2. The molecule has 3 aromatic rings. The van der Waals surface area contributed by atoms with Crippen LogP contribution in [0.4, 0.5) is 5.69 Å². The van der Waals surface area contributed by atoms with Crippen LogP contribution in [0.3, 0.4) is 0 Å². The van der Waals surface area contributed by atoms with Crippen molar-refractivity contribution in [2.24, 2.45) is 0 Å². The van der Waals surface area contributed by atoms with Crippen molar-refractivity contribution in [3.8, 4) is 0 Å². The van der Waals surface area contributed by atoms with Gasteiger partial charge in [0.05, 0.1) is 11.8 Å². The number of rotatable bonds is 8. The summed E-state index contributed by atoms with van der Waals surface area (Å²) < 4.78 is 2.03. The number of hydrogen-bond donors (Lipinski definition) is 1. The predicted molar refractivity (Wildman–Crippen MR) is 135 cm³/mol. The molecule has 7 nitrogen and oxygen atoms in total. The van der Waals surface area contributed by atoms with Crippen molar-refractivity contribution in [3.63, 3.8) is 0 Å². The second kappa shape index (κ2) is 10.9. The van der Waals surface area contributed by atoms with Crippen LogP contribution in [0.25, 0.3) is 0 Å². The van der Waals surface area contributed by atoms with E-state index in [1.165, 1.54) is 11.8 Å². The van der Waals surface area contributed by atoms with Gasteiger partial charge in [-0.15, -0.1) is 10.2 Å². The number of carbonyl (C=O) groups excluding carboxylic acids is 2. The zero-order chi connectivity index (χ0) is 24.1. The van der Waals surface area contributed by atoms with Gasteiger partial charge in [0, 0.05) is 24.3 Å². The molecule has 2 aromatic carbocycles. The highest BCUT2D eigenvalue weighted by Crippen LogP contribution is 2.34. The van der Waals surface area contributed by atoms with E-state index >= 15 is 0 Å². The Balaban J connectivity index is 1.47. The van der Waals surface area contributed by atoms with E-state index < -0.39 is 0 Å². The van der Waals surface area contributed by atoms with Gasteiger partial charge in [0.2, 0.25) is 5.91 Å². The van der Waals surface area contributed by atoms with Crippen LogP contribution in [0.1, 0.15) is 60.0 Å². The molecule has 178 valence electrons. The molecule has 1 aliphatic heterocycles. The fourth-order valence-corrected chi connectivity index (χ4v) is 5.27. The number of anilines is 1. The van der Waals surface area contributed by atoms with E-state index in [1.807, 2.05) is 71.8 Å². The van der Waals surface area contributed by atoms with Crippen molar-refractivity contribution >= 4 is 29.3 Å². The number of thioether (sulfide) groups is 1. The van der Waals surface area contributed by atoms with Crippen molar-refractivity contribution in [1.29, 1.82) is 0 Å². The number of aromatic nitrogens is 3. The van der Waals surface area contributed by atoms with Gasteiger partial charge < -0.3 is 14.8 Å². The van der Waals surface area contributed by atoms with Crippen LogP contribution in [0, 0.1) is 6.92 Å². The lowest BCUT2D eigenvalue weighted by Gasteiger charge is -2.25. The van der Waals surface area contributed by atoms with Crippen molar-refractivity contribution in [1.82, 2.24) is 19.7 Å². The van der Waals surface area contributed by atoms with E-state index in [9.17, 15) is 9.59 Å². The maximum Gasteiger partial charge on any atom is 0.254 e. The molecular weight excluding hydrogens is 446 g/mol. The highest BCUT2D eigenvalue weighted by atomic mass is 32.2. The smallest absolute Gasteiger partial charge is 0.254 e. The number of nitrogens with one attached hydrogen (secondary N) is 1. The van der Waals surface area contributed by atoms with Crippen molar-refractivity contribution in [2.75, 3.05) is 17.6 Å². The van der Waals surface area contributed by atoms with Gasteiger partial charge in [0.1, 0.15) is 0 Å². The van der Waals surface area contributed by atoms with E-state index in [0.717, 1.165) is 47.5 Å². The maximum atomic E-state index is 13.3. The molecule has 1 aromatic heterocycles. The summed E-state index contributed by atoms with van der Waals surface area (Å²) in [5, 5.41) is 12.6. The highest BCUT2D eigenvalue weighted by molar-refractivity contribution is 7.99. The summed E-state index contributed by atoms with van der Waals surface area (Å²) >= 11 is 1.37. The quantitative estimate of drug-likeness (QED) is 0.468. The molecule has 0 saturated carbocycles. The molecule has 2 heterocycles. The summed E-state index contributed by atoms with van der Waals surface area (Å²) in [4.78, 5) is 27.8. The summed E-state index contributed by atoms with van der Waals surface area (Å²) in [6, 6.07) is 15.4. The molecular formula is C26H31N5O2S. The molecule has 1 N–H and O–H groups in total. The van der Waals surface area contributed by atoms with E-state index in [0.29, 0.717) is 18.2 Å². The predicted octanol–water partition coefficient (Wildman–Crippen LogP) is 4.88. The summed E-state index contributed by atoms with van der Waals surface area (Å²) in [5.74, 6) is 0.998. The van der Waals surface area contributed by atoms with E-state index in [1.54, 1.807) is 0 Å². The van der Waals surface area contributed by atoms with Gasteiger partial charge in [0.15, 0.2) is 11.0 Å². The number of carbonyl (C=O) groups is 2. The number of hydrogen-bond acceptors (Lipinski definition) is 5. The summed E-state index contributed by atoms with van der Waals surface area (Å²) in [7, 11) is 0. The Labute approximate surface area is 205 Å². The van der Waals surface area contributed by atoms with Gasteiger partial charge in [-0.2, -0.15) is 0 Å². The van der Waals surface area contributed by atoms with Crippen molar-refractivity contribution < 1.29 is 9.59 Å². The average molecular weight is 478 g/mol. The van der Waals surface area contributed by atoms with Crippen molar-refractivity contribution in [3.05, 3.63) is 71.0 Å². The van der Waals surface area contributed by atoms with Gasteiger partial charge in [-0.25, -0.2) is 0 Å². The minimum Gasteiger partial charge on any atom is -0.328 e. The third-order valence-corrected chi connectivity index (χ3v) is 7.22. The molecule has 1 saturated heterocycles. The second-order valence-corrected chi connectivity index (χ2v) is 9.35. The number of nitrogens with zero attached hydrogens (tertiary/aromatic N) is 4. The molecule has 1 aliphatic rings. The van der Waals surface area contributed by atoms with Crippen LogP contribution in [0.2, 0.25) is 0 Å². The first kappa shape index (κ1) is 24.0. The molecule has 34 heavy (non-hydrogen) atoms. The summed E-state index contributed by atoms with van der Waals surface area (Å²) in [6.07, 6.45) is 2.64. The first-order chi connectivity index (χ1) is 16.5. The van der Waals surface area contributed by atoms with Gasteiger partial charge >= 0.3 is 0 Å². The molecule has 8 heteroatoms. The number of likely N-dealkylation sites (tertiary alicyclic amines) is 1. The number of amides is 2. The van der Waals surface area contributed by atoms with Gasteiger partial charge in [-0.3, -0.25) is 9.59 Å². The summed E-state index contributed by atoms with van der Waals surface area (Å²) in [5.41, 5.74) is 3.67. The highest BCUT2D eigenvalue weighted by Gasteiger charge is 2.35. The fourth-order valence-electron chi connectivity index (χ4n) is 4.46. The van der Waals surface area contributed by atoms with E-state index in [4.69, 9.17) is 0 Å². The largest absolute Gasteiger partial charge is 0.328 e. The van der Waals surface area contributed by atoms with E-state index in [-0.39, 0.29) is 23.6 Å². The topological polar surface area (TPSA) is 80.1 Å². The molecule has 0 aliphatic carbocycles. The van der Waals surface area contributed by atoms with Crippen LogP contribution in [0.5, 0.6) is 0 Å². The Morgan fingerprint density at radius 1 is 1.09 bits per heavy atom. The minimum atomic E-state index is -0.112. The number of benzene rings is 2. The van der Waals surface area contributed by atoms with Crippen molar-refractivity contribution in [2.45, 2.75) is 57.8 Å². The van der Waals surface area contributed by atoms with Crippen LogP contribution in [-0.4, -0.2) is 43.8 Å². The number of para-hydroxylation sites is 1.